The van der Waals surface area contributed by atoms with Crippen LogP contribution in [0.25, 0.3) is 0 Å². The van der Waals surface area contributed by atoms with Gasteiger partial charge in [0, 0.05) is 0 Å². The summed E-state index contributed by atoms with van der Waals surface area (Å²) in [7, 11) is 0. The van der Waals surface area contributed by atoms with E-state index in [2.05, 4.69) is 16.9 Å². The lowest BCUT2D eigenvalue weighted by molar-refractivity contribution is 0.277. The molecule has 0 bridgehead atoms. The van der Waals surface area contributed by atoms with E-state index in [4.69, 9.17) is 5.11 Å². The molecule has 2 N–H and O–H groups in total. The van der Waals surface area contributed by atoms with Gasteiger partial charge in [0.15, 0.2) is 0 Å². The number of hydrogen-bond donors (Lipinski definition) is 2. The van der Waals surface area contributed by atoms with Crippen molar-refractivity contribution in [2.75, 3.05) is 5.75 Å². The highest BCUT2D eigenvalue weighted by Crippen LogP contribution is 2.09. The van der Waals surface area contributed by atoms with Crippen LogP contribution in [0, 0.1) is 0 Å². The molecule has 0 spiro atoms. The molecule has 0 aliphatic carbocycles. The maximum absolute atomic E-state index is 8.74. The molecule has 0 unspecified atom stereocenters. The second-order valence-electron chi connectivity index (χ2n) is 2.57. The van der Waals surface area contributed by atoms with Gasteiger partial charge in [-0.2, -0.15) is 11.8 Å². The molecule has 0 amide bonds. The maximum atomic E-state index is 8.74. The molecule has 1 rings (SSSR count). The van der Waals surface area contributed by atoms with Gasteiger partial charge < -0.3 is 10.1 Å². The van der Waals surface area contributed by atoms with Crippen LogP contribution in [-0.4, -0.2) is 20.8 Å². The van der Waals surface area contributed by atoms with Crippen LogP contribution in [0.2, 0.25) is 0 Å². The standard InChI is InChI=1S/C8H14N2OS/c1-2-3-12-6-8-9-4-7(5-11)10-8/h4,11H,2-3,5-6H2,1H3,(H,9,10). The first-order valence-electron chi connectivity index (χ1n) is 4.08. The molecule has 0 saturated carbocycles. The lowest BCUT2D eigenvalue weighted by atomic mass is 10.5. The normalized spacial score (nSPS) is 10.5. The van der Waals surface area contributed by atoms with Crippen molar-refractivity contribution in [3.8, 4) is 0 Å². The van der Waals surface area contributed by atoms with Crippen LogP contribution in [0.5, 0.6) is 0 Å². The fraction of sp³-hybridized carbons (Fsp3) is 0.625. The van der Waals surface area contributed by atoms with Crippen molar-refractivity contribution in [3.63, 3.8) is 0 Å². The van der Waals surface area contributed by atoms with Gasteiger partial charge in [0.2, 0.25) is 0 Å². The monoisotopic (exact) mass is 186 g/mol. The molecule has 0 radical (unpaired) electrons. The third kappa shape index (κ3) is 2.87. The summed E-state index contributed by atoms with van der Waals surface area (Å²) in [5, 5.41) is 8.74. The Morgan fingerprint density at radius 2 is 2.50 bits per heavy atom. The Balaban J connectivity index is 2.31. The topological polar surface area (TPSA) is 48.9 Å². The van der Waals surface area contributed by atoms with Crippen LogP contribution in [0.15, 0.2) is 6.20 Å². The van der Waals surface area contributed by atoms with E-state index in [-0.39, 0.29) is 6.61 Å². The summed E-state index contributed by atoms with van der Waals surface area (Å²) in [5.41, 5.74) is 0.794. The lowest BCUT2D eigenvalue weighted by Crippen LogP contribution is -1.86. The summed E-state index contributed by atoms with van der Waals surface area (Å²) in [6.45, 7) is 2.21. The molecule has 68 valence electrons. The second-order valence-corrected chi connectivity index (χ2v) is 3.67. The molecule has 0 aromatic carbocycles. The Kier molecular flexibility index (Phi) is 4.18. The fourth-order valence-corrected chi connectivity index (χ4v) is 1.65. The molecule has 0 aliphatic rings. The van der Waals surface area contributed by atoms with Gasteiger partial charge in [0.25, 0.3) is 0 Å². The molecule has 1 aromatic rings. The minimum Gasteiger partial charge on any atom is -0.390 e. The smallest absolute Gasteiger partial charge is 0.116 e. The number of thioether (sulfide) groups is 1. The van der Waals surface area contributed by atoms with E-state index < -0.39 is 0 Å². The summed E-state index contributed by atoms with van der Waals surface area (Å²) in [6, 6.07) is 0. The van der Waals surface area contributed by atoms with Crippen LogP contribution in [0.3, 0.4) is 0 Å². The molecular weight excluding hydrogens is 172 g/mol. The Bertz CT molecular complexity index is 225. The highest BCUT2D eigenvalue weighted by molar-refractivity contribution is 7.98. The number of nitrogens with one attached hydrogen (secondary N) is 1. The number of H-pyrrole nitrogens is 1. The molecule has 0 aliphatic heterocycles. The lowest BCUT2D eigenvalue weighted by Gasteiger charge is -1.94. The molecule has 12 heavy (non-hydrogen) atoms. The Morgan fingerprint density at radius 1 is 1.67 bits per heavy atom. The molecule has 4 heteroatoms. The molecule has 0 saturated heterocycles. The number of hydrogen-bond acceptors (Lipinski definition) is 3. The zero-order valence-corrected chi connectivity index (χ0v) is 8.02. The van der Waals surface area contributed by atoms with Crippen LogP contribution in [-0.2, 0) is 12.4 Å². The SMILES string of the molecule is CCCSCc1ncc(CO)[nH]1. The predicted molar refractivity (Wildman–Crippen MR) is 51.0 cm³/mol. The summed E-state index contributed by atoms with van der Waals surface area (Å²) in [5.74, 6) is 3.03. The van der Waals surface area contributed by atoms with Crippen molar-refractivity contribution < 1.29 is 5.11 Å². The van der Waals surface area contributed by atoms with Gasteiger partial charge in [0.1, 0.15) is 5.82 Å². The van der Waals surface area contributed by atoms with Gasteiger partial charge in [-0.15, -0.1) is 0 Å². The van der Waals surface area contributed by atoms with E-state index in [1.807, 2.05) is 11.8 Å². The highest BCUT2D eigenvalue weighted by atomic mass is 32.2. The predicted octanol–water partition coefficient (Wildman–Crippen LogP) is 1.55. The minimum atomic E-state index is 0.0471. The summed E-state index contributed by atoms with van der Waals surface area (Å²) in [6.07, 6.45) is 2.88. The largest absolute Gasteiger partial charge is 0.390 e. The van der Waals surface area contributed by atoms with Crippen molar-refractivity contribution in [3.05, 3.63) is 17.7 Å². The van der Waals surface area contributed by atoms with Crippen LogP contribution in [0.4, 0.5) is 0 Å². The molecule has 3 nitrogen and oxygen atoms in total. The highest BCUT2D eigenvalue weighted by Gasteiger charge is 1.98. The number of imidazole rings is 1. The van der Waals surface area contributed by atoms with E-state index >= 15 is 0 Å². The number of aromatic amines is 1. The van der Waals surface area contributed by atoms with Crippen LogP contribution >= 0.6 is 11.8 Å². The summed E-state index contributed by atoms with van der Waals surface area (Å²) in [4.78, 5) is 7.16. The van der Waals surface area contributed by atoms with Crippen molar-refractivity contribution >= 4 is 11.8 Å². The molecular formula is C8H14N2OS. The Morgan fingerprint density at radius 3 is 3.08 bits per heavy atom. The Hall–Kier alpha value is -0.480. The number of nitrogens with zero attached hydrogens (tertiary/aromatic N) is 1. The first kappa shape index (κ1) is 9.61. The van der Waals surface area contributed by atoms with Gasteiger partial charge in [-0.3, -0.25) is 0 Å². The fourth-order valence-electron chi connectivity index (χ4n) is 0.873. The number of aliphatic hydroxyl groups is 1. The third-order valence-electron chi connectivity index (χ3n) is 1.44. The number of aromatic nitrogens is 2. The van der Waals surface area contributed by atoms with E-state index in [1.54, 1.807) is 6.20 Å². The second kappa shape index (κ2) is 5.22. The van der Waals surface area contributed by atoms with Crippen molar-refractivity contribution in [2.24, 2.45) is 0 Å². The van der Waals surface area contributed by atoms with Gasteiger partial charge in [-0.05, 0) is 12.2 Å². The summed E-state index contributed by atoms with van der Waals surface area (Å²) < 4.78 is 0. The molecule has 1 heterocycles. The average Bonchev–Trinajstić information content (AvgIpc) is 2.53. The Labute approximate surface area is 76.6 Å². The van der Waals surface area contributed by atoms with Gasteiger partial charge in [-0.1, -0.05) is 6.92 Å². The number of rotatable bonds is 5. The molecule has 0 atom stereocenters. The van der Waals surface area contributed by atoms with Crippen molar-refractivity contribution in [1.82, 2.24) is 9.97 Å². The first-order valence-corrected chi connectivity index (χ1v) is 5.23. The first-order chi connectivity index (χ1) is 5.86. The van der Waals surface area contributed by atoms with Gasteiger partial charge in [-0.25, -0.2) is 4.98 Å². The van der Waals surface area contributed by atoms with Gasteiger partial charge in [0.05, 0.1) is 24.3 Å². The molecule has 1 aromatic heterocycles. The van der Waals surface area contributed by atoms with E-state index in [0.717, 1.165) is 23.0 Å². The maximum Gasteiger partial charge on any atom is 0.116 e. The minimum absolute atomic E-state index is 0.0471. The van der Waals surface area contributed by atoms with Crippen LogP contribution in [0.1, 0.15) is 24.9 Å². The third-order valence-corrected chi connectivity index (χ3v) is 2.61. The van der Waals surface area contributed by atoms with E-state index in [0.29, 0.717) is 0 Å². The molecule has 0 fully saturated rings. The van der Waals surface area contributed by atoms with Crippen molar-refractivity contribution in [2.45, 2.75) is 25.7 Å². The average molecular weight is 186 g/mol. The quantitative estimate of drug-likeness (QED) is 0.686. The van der Waals surface area contributed by atoms with Crippen molar-refractivity contribution in [1.29, 1.82) is 0 Å². The van der Waals surface area contributed by atoms with E-state index in [9.17, 15) is 0 Å². The number of aliphatic hydroxyl groups excluding tert-OH is 1. The zero-order chi connectivity index (χ0) is 8.81. The van der Waals surface area contributed by atoms with Crippen LogP contribution < -0.4 is 0 Å². The summed E-state index contributed by atoms with van der Waals surface area (Å²) >= 11 is 1.85. The zero-order valence-electron chi connectivity index (χ0n) is 7.21. The van der Waals surface area contributed by atoms with Gasteiger partial charge >= 0.3 is 0 Å². The van der Waals surface area contributed by atoms with E-state index in [1.165, 1.54) is 6.42 Å².